The van der Waals surface area contributed by atoms with Gasteiger partial charge in [0.25, 0.3) is 0 Å². The maximum absolute atomic E-state index is 5.39. The molecule has 0 saturated carbocycles. The molecular weight excluding hydrogens is 186 g/mol. The van der Waals surface area contributed by atoms with Crippen molar-refractivity contribution in [1.29, 1.82) is 0 Å². The Balaban J connectivity index is 2.71. The minimum Gasteiger partial charge on any atom is -0.380 e. The van der Waals surface area contributed by atoms with Gasteiger partial charge in [-0.05, 0) is 6.20 Å². The van der Waals surface area contributed by atoms with Crippen LogP contribution in [0.3, 0.4) is 0 Å². The third-order valence-corrected chi connectivity index (χ3v) is 5.36. The van der Waals surface area contributed by atoms with Gasteiger partial charge in [0.05, 0.1) is 5.54 Å². The first-order valence-corrected chi connectivity index (χ1v) is 6.02. The second-order valence-corrected chi connectivity index (χ2v) is 6.28. The highest BCUT2D eigenvalue weighted by molar-refractivity contribution is 6.63. The van der Waals surface area contributed by atoms with E-state index in [1.807, 2.05) is 13.2 Å². The van der Waals surface area contributed by atoms with Crippen LogP contribution in [-0.2, 0) is 13.3 Å². The topological polar surface area (TPSA) is 30.9 Å². The van der Waals surface area contributed by atoms with Gasteiger partial charge in [-0.2, -0.15) is 0 Å². The lowest BCUT2D eigenvalue weighted by atomic mass is 10.5. The number of hydrogen-bond donors (Lipinski definition) is 0. The third-order valence-electron chi connectivity index (χ3n) is 2.37. The molecule has 0 N–H and O–H groups in total. The SMILES string of the molecule is CO[Si](OC)(OC)C1C=CN(C)C1. The fraction of sp³-hybridized carbons (Fsp3) is 0.750. The monoisotopic (exact) mass is 203 g/mol. The summed E-state index contributed by atoms with van der Waals surface area (Å²) in [5.74, 6) is 0. The zero-order valence-electron chi connectivity index (χ0n) is 8.61. The highest BCUT2D eigenvalue weighted by Gasteiger charge is 2.47. The summed E-state index contributed by atoms with van der Waals surface area (Å²) in [6.45, 7) is 0.905. The van der Waals surface area contributed by atoms with Crippen LogP contribution in [0.5, 0.6) is 0 Å². The van der Waals surface area contributed by atoms with Crippen LogP contribution < -0.4 is 0 Å². The molecule has 0 bridgehead atoms. The van der Waals surface area contributed by atoms with Crippen LogP contribution >= 0.6 is 0 Å². The molecule has 0 radical (unpaired) electrons. The Morgan fingerprint density at radius 2 is 1.77 bits per heavy atom. The Bertz CT molecular complexity index is 186. The van der Waals surface area contributed by atoms with Gasteiger partial charge in [0.1, 0.15) is 0 Å². The van der Waals surface area contributed by atoms with Crippen LogP contribution in [0.2, 0.25) is 5.54 Å². The molecule has 5 heteroatoms. The fourth-order valence-electron chi connectivity index (χ4n) is 1.62. The fourth-order valence-corrected chi connectivity index (χ4v) is 3.86. The second kappa shape index (κ2) is 4.23. The average molecular weight is 203 g/mol. The third kappa shape index (κ3) is 1.93. The maximum atomic E-state index is 5.39. The van der Waals surface area contributed by atoms with E-state index in [9.17, 15) is 0 Å². The highest BCUT2D eigenvalue weighted by Crippen LogP contribution is 2.29. The largest absolute Gasteiger partial charge is 0.509 e. The van der Waals surface area contributed by atoms with Gasteiger partial charge in [0, 0.05) is 34.9 Å². The normalized spacial score (nSPS) is 22.8. The van der Waals surface area contributed by atoms with Crippen LogP contribution in [0, 0.1) is 0 Å². The molecule has 0 aliphatic carbocycles. The van der Waals surface area contributed by atoms with E-state index in [0.29, 0.717) is 0 Å². The highest BCUT2D eigenvalue weighted by atomic mass is 28.4. The van der Waals surface area contributed by atoms with Gasteiger partial charge >= 0.3 is 8.80 Å². The number of nitrogens with zero attached hydrogens (tertiary/aromatic N) is 1. The molecule has 1 heterocycles. The predicted molar refractivity (Wildman–Crippen MR) is 52.3 cm³/mol. The number of hydrogen-bond acceptors (Lipinski definition) is 4. The van der Waals surface area contributed by atoms with Crippen LogP contribution in [-0.4, -0.2) is 48.6 Å². The molecule has 4 nitrogen and oxygen atoms in total. The first-order valence-electron chi connectivity index (χ1n) is 4.22. The van der Waals surface area contributed by atoms with E-state index in [4.69, 9.17) is 13.3 Å². The van der Waals surface area contributed by atoms with Crippen molar-refractivity contribution < 1.29 is 13.3 Å². The van der Waals surface area contributed by atoms with Gasteiger partial charge in [-0.15, -0.1) is 0 Å². The Morgan fingerprint density at radius 1 is 1.23 bits per heavy atom. The summed E-state index contributed by atoms with van der Waals surface area (Å²) in [6, 6.07) is 0. The standard InChI is InChI=1S/C8H17NO3Si/c1-9-6-5-8(7-9)13(10-2,11-3)12-4/h5-6,8H,7H2,1-4H3. The van der Waals surface area contributed by atoms with Crippen LogP contribution in [0.25, 0.3) is 0 Å². The zero-order chi connectivity index (χ0) is 9.90. The van der Waals surface area contributed by atoms with Gasteiger partial charge in [-0.1, -0.05) is 6.08 Å². The van der Waals surface area contributed by atoms with Gasteiger partial charge < -0.3 is 18.2 Å². The van der Waals surface area contributed by atoms with Crippen molar-refractivity contribution in [1.82, 2.24) is 4.90 Å². The van der Waals surface area contributed by atoms with Gasteiger partial charge in [-0.3, -0.25) is 0 Å². The first kappa shape index (κ1) is 10.7. The predicted octanol–water partition coefficient (Wildman–Crippen LogP) is 0.694. The first-order chi connectivity index (χ1) is 6.18. The molecule has 76 valence electrons. The van der Waals surface area contributed by atoms with Crippen molar-refractivity contribution >= 4 is 8.80 Å². The molecule has 0 amide bonds. The molecule has 1 rings (SSSR count). The van der Waals surface area contributed by atoms with Gasteiger partial charge in [-0.25, -0.2) is 0 Å². The average Bonchev–Trinajstić information content (AvgIpc) is 2.57. The lowest BCUT2D eigenvalue weighted by molar-refractivity contribution is 0.115. The van der Waals surface area contributed by atoms with Crippen LogP contribution in [0.15, 0.2) is 12.3 Å². The molecule has 0 spiro atoms. The van der Waals surface area contributed by atoms with E-state index in [2.05, 4.69) is 11.0 Å². The summed E-state index contributed by atoms with van der Waals surface area (Å²) >= 11 is 0. The van der Waals surface area contributed by atoms with Gasteiger partial charge in [0.15, 0.2) is 0 Å². The van der Waals surface area contributed by atoms with Crippen molar-refractivity contribution in [3.63, 3.8) is 0 Å². The Hall–Kier alpha value is -0.363. The van der Waals surface area contributed by atoms with Crippen LogP contribution in [0.1, 0.15) is 0 Å². The molecule has 0 aromatic rings. The minimum atomic E-state index is -2.45. The van der Waals surface area contributed by atoms with Crippen molar-refractivity contribution in [3.05, 3.63) is 12.3 Å². The van der Waals surface area contributed by atoms with E-state index < -0.39 is 8.80 Å². The lowest BCUT2D eigenvalue weighted by Crippen LogP contribution is -2.48. The summed E-state index contributed by atoms with van der Waals surface area (Å²) < 4.78 is 16.2. The quantitative estimate of drug-likeness (QED) is 0.629. The molecule has 1 unspecified atom stereocenters. The molecular formula is C8H17NO3Si. The molecule has 13 heavy (non-hydrogen) atoms. The van der Waals surface area contributed by atoms with E-state index in [-0.39, 0.29) is 5.54 Å². The Kier molecular flexibility index (Phi) is 3.49. The summed E-state index contributed by atoms with van der Waals surface area (Å²) in [5, 5.41) is 0. The summed E-state index contributed by atoms with van der Waals surface area (Å²) in [7, 11) is 4.50. The summed E-state index contributed by atoms with van der Waals surface area (Å²) in [5.41, 5.74) is 0.248. The Morgan fingerprint density at radius 3 is 2.08 bits per heavy atom. The molecule has 1 aliphatic heterocycles. The van der Waals surface area contributed by atoms with Crippen molar-refractivity contribution in [2.45, 2.75) is 5.54 Å². The second-order valence-electron chi connectivity index (χ2n) is 3.10. The summed E-state index contributed by atoms with van der Waals surface area (Å²) in [4.78, 5) is 2.10. The molecule has 1 aliphatic rings. The van der Waals surface area contributed by atoms with Gasteiger partial charge in [0.2, 0.25) is 0 Å². The zero-order valence-corrected chi connectivity index (χ0v) is 9.61. The van der Waals surface area contributed by atoms with E-state index in [1.54, 1.807) is 21.3 Å². The molecule has 0 aromatic carbocycles. The van der Waals surface area contributed by atoms with E-state index in [0.717, 1.165) is 6.54 Å². The Labute approximate surface area is 80.4 Å². The van der Waals surface area contributed by atoms with E-state index in [1.165, 1.54) is 0 Å². The molecule has 1 atom stereocenters. The van der Waals surface area contributed by atoms with E-state index >= 15 is 0 Å². The molecule has 0 saturated heterocycles. The minimum absolute atomic E-state index is 0.248. The molecule has 0 aromatic heterocycles. The smallest absolute Gasteiger partial charge is 0.380 e. The summed E-state index contributed by atoms with van der Waals surface area (Å²) in [6.07, 6.45) is 4.12. The van der Waals surface area contributed by atoms with Crippen LogP contribution in [0.4, 0.5) is 0 Å². The van der Waals surface area contributed by atoms with Crippen molar-refractivity contribution in [2.75, 3.05) is 34.9 Å². The molecule has 0 fully saturated rings. The number of rotatable bonds is 4. The van der Waals surface area contributed by atoms with Crippen molar-refractivity contribution in [2.24, 2.45) is 0 Å². The maximum Gasteiger partial charge on any atom is 0.509 e. The van der Waals surface area contributed by atoms with Crippen molar-refractivity contribution in [3.8, 4) is 0 Å². The lowest BCUT2D eigenvalue weighted by Gasteiger charge is -2.29.